The zero-order valence-electron chi connectivity index (χ0n) is 16.8. The number of ether oxygens (including phenoxy) is 1. The van der Waals surface area contributed by atoms with Crippen LogP contribution in [0.2, 0.25) is 0 Å². The molecule has 3 aromatic rings. The summed E-state index contributed by atoms with van der Waals surface area (Å²) in [5, 5.41) is 5.20. The van der Waals surface area contributed by atoms with Gasteiger partial charge in [-0.3, -0.25) is 9.88 Å². The van der Waals surface area contributed by atoms with E-state index in [4.69, 9.17) is 9.15 Å². The van der Waals surface area contributed by atoms with Gasteiger partial charge in [-0.1, -0.05) is 18.2 Å². The lowest BCUT2D eigenvalue weighted by Crippen LogP contribution is -2.48. The molecule has 2 aromatic heterocycles. The predicted octanol–water partition coefficient (Wildman–Crippen LogP) is 3.64. The third-order valence-corrected chi connectivity index (χ3v) is 6.42. The second-order valence-electron chi connectivity index (χ2n) is 8.39. The molecule has 2 saturated heterocycles. The first-order valence-electron chi connectivity index (χ1n) is 10.8. The Balaban J connectivity index is 1.17. The fraction of sp³-hybridized carbons (Fsp3) is 0.458. The molecule has 0 spiro atoms. The minimum Gasteiger partial charge on any atom is -0.468 e. The number of piperidine rings is 1. The Morgan fingerprint density at radius 3 is 2.79 bits per heavy atom. The summed E-state index contributed by atoms with van der Waals surface area (Å²) in [4.78, 5) is 6.99. The van der Waals surface area contributed by atoms with Crippen LogP contribution in [0.3, 0.4) is 0 Å². The van der Waals surface area contributed by atoms with Crippen molar-refractivity contribution in [1.29, 1.82) is 0 Å². The quantitative estimate of drug-likeness (QED) is 0.695. The molecule has 2 aliphatic heterocycles. The van der Waals surface area contributed by atoms with Gasteiger partial charge in [0.2, 0.25) is 0 Å². The molecule has 1 N–H and O–H groups in total. The van der Waals surface area contributed by atoms with Gasteiger partial charge in [-0.05, 0) is 49.1 Å². The molecule has 0 unspecified atom stereocenters. The van der Waals surface area contributed by atoms with Crippen molar-refractivity contribution >= 4 is 10.9 Å². The van der Waals surface area contributed by atoms with E-state index in [9.17, 15) is 0 Å². The smallest absolute Gasteiger partial charge is 0.117 e. The van der Waals surface area contributed by atoms with Gasteiger partial charge in [0, 0.05) is 42.7 Å². The first kappa shape index (κ1) is 18.8. The molecule has 0 aliphatic carbocycles. The first-order chi connectivity index (χ1) is 14.3. The maximum atomic E-state index is 5.89. The molecule has 0 amide bonds. The van der Waals surface area contributed by atoms with Crippen molar-refractivity contribution in [3.63, 3.8) is 0 Å². The minimum absolute atomic E-state index is 0.434. The van der Waals surface area contributed by atoms with Crippen LogP contribution in [0.15, 0.2) is 59.3 Å². The molecule has 2 atom stereocenters. The molecule has 5 rings (SSSR count). The SMILES string of the molecule is c1coc(CN2CCC(N[C@@H]3COC[C@H]3Cc3ccnc4ccccc34)CC2)c1. The Morgan fingerprint density at radius 1 is 1.03 bits per heavy atom. The highest BCUT2D eigenvalue weighted by molar-refractivity contribution is 5.81. The number of pyridine rings is 1. The monoisotopic (exact) mass is 391 g/mol. The largest absolute Gasteiger partial charge is 0.468 e. The standard InChI is InChI=1S/C24H29N3O2/c1-2-6-23-22(5-1)18(7-10-25-23)14-19-16-28-17-24(19)26-20-8-11-27(12-9-20)15-21-4-3-13-29-21/h1-7,10,13,19-20,24,26H,8-9,11-12,14-17H2/t19-,24-/m1/s1. The third-order valence-electron chi connectivity index (χ3n) is 6.42. The number of rotatable bonds is 6. The molecule has 2 aliphatic rings. The van der Waals surface area contributed by atoms with E-state index in [1.807, 2.05) is 12.3 Å². The third kappa shape index (κ3) is 4.37. The van der Waals surface area contributed by atoms with E-state index in [1.54, 1.807) is 6.26 Å². The van der Waals surface area contributed by atoms with Gasteiger partial charge in [0.1, 0.15) is 5.76 Å². The number of furan rings is 1. The summed E-state index contributed by atoms with van der Waals surface area (Å²) in [6.07, 6.45) is 7.10. The van der Waals surface area contributed by atoms with Crippen molar-refractivity contribution in [2.24, 2.45) is 5.92 Å². The summed E-state index contributed by atoms with van der Waals surface area (Å²) >= 11 is 0. The van der Waals surface area contributed by atoms with Crippen LogP contribution >= 0.6 is 0 Å². The van der Waals surface area contributed by atoms with Crippen LogP contribution in [0.4, 0.5) is 0 Å². The number of hydrogen-bond acceptors (Lipinski definition) is 5. The Morgan fingerprint density at radius 2 is 1.93 bits per heavy atom. The van der Waals surface area contributed by atoms with Gasteiger partial charge in [0.15, 0.2) is 0 Å². The van der Waals surface area contributed by atoms with Gasteiger partial charge >= 0.3 is 0 Å². The van der Waals surface area contributed by atoms with Crippen LogP contribution in [0, 0.1) is 5.92 Å². The van der Waals surface area contributed by atoms with E-state index in [2.05, 4.69) is 51.6 Å². The van der Waals surface area contributed by atoms with Gasteiger partial charge in [-0.25, -0.2) is 0 Å². The maximum Gasteiger partial charge on any atom is 0.117 e. The number of fused-ring (bicyclic) bond motifs is 1. The van der Waals surface area contributed by atoms with Crippen molar-refractivity contribution in [2.45, 2.75) is 37.9 Å². The van der Waals surface area contributed by atoms with E-state index in [0.29, 0.717) is 18.0 Å². The lowest BCUT2D eigenvalue weighted by Gasteiger charge is -2.34. The van der Waals surface area contributed by atoms with Crippen molar-refractivity contribution in [3.8, 4) is 0 Å². The highest BCUT2D eigenvalue weighted by atomic mass is 16.5. The van der Waals surface area contributed by atoms with E-state index < -0.39 is 0 Å². The van der Waals surface area contributed by atoms with Crippen LogP contribution in [0.25, 0.3) is 10.9 Å². The van der Waals surface area contributed by atoms with E-state index in [-0.39, 0.29) is 0 Å². The van der Waals surface area contributed by atoms with Crippen molar-refractivity contribution in [3.05, 3.63) is 66.2 Å². The number of hydrogen-bond donors (Lipinski definition) is 1. The summed E-state index contributed by atoms with van der Waals surface area (Å²) in [6, 6.07) is 15.6. The molecule has 5 nitrogen and oxygen atoms in total. The van der Waals surface area contributed by atoms with Crippen LogP contribution in [0.5, 0.6) is 0 Å². The van der Waals surface area contributed by atoms with Crippen LogP contribution in [-0.4, -0.2) is 48.3 Å². The van der Waals surface area contributed by atoms with Gasteiger partial charge in [0.05, 0.1) is 31.5 Å². The minimum atomic E-state index is 0.434. The Hall–Kier alpha value is -2.21. The summed E-state index contributed by atoms with van der Waals surface area (Å²) in [5.74, 6) is 1.58. The second kappa shape index (κ2) is 8.66. The number of aromatic nitrogens is 1. The van der Waals surface area contributed by atoms with Gasteiger partial charge in [-0.15, -0.1) is 0 Å². The van der Waals surface area contributed by atoms with Crippen LogP contribution < -0.4 is 5.32 Å². The van der Waals surface area contributed by atoms with E-state index in [0.717, 1.165) is 50.5 Å². The lowest BCUT2D eigenvalue weighted by atomic mass is 9.92. The average molecular weight is 392 g/mol. The zero-order chi connectivity index (χ0) is 19.5. The highest BCUT2D eigenvalue weighted by Gasteiger charge is 2.31. The van der Waals surface area contributed by atoms with Gasteiger partial charge < -0.3 is 14.5 Å². The molecular formula is C24H29N3O2. The van der Waals surface area contributed by atoms with Crippen molar-refractivity contribution in [2.75, 3.05) is 26.3 Å². The number of para-hydroxylation sites is 1. The summed E-state index contributed by atoms with van der Waals surface area (Å²) in [6.45, 7) is 4.81. The predicted molar refractivity (Wildman–Crippen MR) is 114 cm³/mol. The Kier molecular flexibility index (Phi) is 5.61. The molecule has 4 heterocycles. The number of nitrogens with zero attached hydrogens (tertiary/aromatic N) is 2. The highest BCUT2D eigenvalue weighted by Crippen LogP contribution is 2.25. The van der Waals surface area contributed by atoms with Crippen molar-refractivity contribution in [1.82, 2.24) is 15.2 Å². The molecule has 0 radical (unpaired) electrons. The molecule has 152 valence electrons. The van der Waals surface area contributed by atoms with Crippen LogP contribution in [-0.2, 0) is 17.7 Å². The molecule has 29 heavy (non-hydrogen) atoms. The summed E-state index contributed by atoms with van der Waals surface area (Å²) in [5.41, 5.74) is 2.46. The molecule has 2 fully saturated rings. The number of nitrogens with one attached hydrogen (secondary N) is 1. The average Bonchev–Trinajstić information content (AvgIpc) is 3.42. The maximum absolute atomic E-state index is 5.89. The zero-order valence-corrected chi connectivity index (χ0v) is 16.8. The molecule has 1 aromatic carbocycles. The molecule has 5 heteroatoms. The molecular weight excluding hydrogens is 362 g/mol. The van der Waals surface area contributed by atoms with E-state index >= 15 is 0 Å². The van der Waals surface area contributed by atoms with Crippen LogP contribution in [0.1, 0.15) is 24.2 Å². The first-order valence-corrected chi connectivity index (χ1v) is 10.8. The van der Waals surface area contributed by atoms with Crippen molar-refractivity contribution < 1.29 is 9.15 Å². The summed E-state index contributed by atoms with van der Waals surface area (Å²) < 4.78 is 11.4. The van der Waals surface area contributed by atoms with Gasteiger partial charge in [0.25, 0.3) is 0 Å². The lowest BCUT2D eigenvalue weighted by molar-refractivity contribution is 0.162. The number of benzene rings is 1. The normalized spacial score (nSPS) is 23.7. The molecule has 0 bridgehead atoms. The number of likely N-dealkylation sites (tertiary alicyclic amines) is 1. The summed E-state index contributed by atoms with van der Waals surface area (Å²) in [7, 11) is 0. The van der Waals surface area contributed by atoms with Gasteiger partial charge in [-0.2, -0.15) is 0 Å². The fourth-order valence-electron chi connectivity index (χ4n) is 4.78. The fourth-order valence-corrected chi connectivity index (χ4v) is 4.78. The Bertz CT molecular complexity index is 914. The topological polar surface area (TPSA) is 50.5 Å². The van der Waals surface area contributed by atoms with E-state index in [1.165, 1.54) is 23.8 Å². The Labute approximate surface area is 172 Å². The second-order valence-corrected chi connectivity index (χ2v) is 8.39. The molecule has 0 saturated carbocycles.